The minimum Gasteiger partial charge on any atom is -0.459 e. The van der Waals surface area contributed by atoms with Gasteiger partial charge in [0.25, 0.3) is 0 Å². The minimum absolute atomic E-state index is 0.0867. The van der Waals surface area contributed by atoms with Crippen molar-refractivity contribution in [3.05, 3.63) is 76.2 Å². The van der Waals surface area contributed by atoms with E-state index in [1.54, 1.807) is 12.3 Å². The lowest BCUT2D eigenvalue weighted by Gasteiger charge is -2.27. The maximum atomic E-state index is 6.29. The van der Waals surface area contributed by atoms with Crippen molar-refractivity contribution in [1.29, 1.82) is 0 Å². The van der Waals surface area contributed by atoms with E-state index in [4.69, 9.17) is 39.8 Å². The van der Waals surface area contributed by atoms with Crippen LogP contribution < -0.4 is 5.32 Å². The molecule has 150 valence electrons. The van der Waals surface area contributed by atoms with Crippen LogP contribution in [-0.4, -0.2) is 21.5 Å². The second kappa shape index (κ2) is 8.34. The number of nitrogens with zero attached hydrogens (tertiary/aromatic N) is 2. The van der Waals surface area contributed by atoms with E-state index in [1.807, 2.05) is 42.5 Å². The van der Waals surface area contributed by atoms with Crippen molar-refractivity contribution in [3.63, 3.8) is 0 Å². The van der Waals surface area contributed by atoms with Crippen LogP contribution in [0.2, 0.25) is 10.0 Å². The van der Waals surface area contributed by atoms with Gasteiger partial charge >= 0.3 is 0 Å². The summed E-state index contributed by atoms with van der Waals surface area (Å²) in [6.45, 7) is 5.18. The highest BCUT2D eigenvalue weighted by Gasteiger charge is 2.41. The molecule has 0 bridgehead atoms. The molecule has 1 saturated heterocycles. The Morgan fingerprint density at radius 3 is 2.66 bits per heavy atom. The van der Waals surface area contributed by atoms with E-state index in [1.165, 1.54) is 0 Å². The second-order valence-corrected chi connectivity index (χ2v) is 8.70. The highest BCUT2D eigenvalue weighted by atomic mass is 35.5. The van der Waals surface area contributed by atoms with Crippen molar-refractivity contribution in [2.75, 3.05) is 6.54 Å². The molecule has 1 aliphatic rings. The molecule has 1 fully saturated rings. The van der Waals surface area contributed by atoms with Crippen LogP contribution in [0.3, 0.4) is 0 Å². The number of hydrogen-bond acceptors (Lipinski definition) is 3. The van der Waals surface area contributed by atoms with Gasteiger partial charge in [-0.05, 0) is 60.6 Å². The Morgan fingerprint density at radius 1 is 1.14 bits per heavy atom. The minimum atomic E-state index is -0.0877. The van der Waals surface area contributed by atoms with Gasteiger partial charge in [-0.2, -0.15) is 0 Å². The normalized spacial score (nSPS) is 19.1. The summed E-state index contributed by atoms with van der Waals surface area (Å²) < 4.78 is 6.29. The Balaban J connectivity index is 1.73. The van der Waals surface area contributed by atoms with Gasteiger partial charge in [-0.25, -0.2) is 0 Å². The average Bonchev–Trinajstić information content (AvgIpc) is 3.30. The van der Waals surface area contributed by atoms with E-state index < -0.39 is 0 Å². The zero-order valence-corrected chi connectivity index (χ0v) is 18.4. The lowest BCUT2D eigenvalue weighted by molar-refractivity contribution is 0.253. The molecule has 0 saturated carbocycles. The van der Waals surface area contributed by atoms with Crippen LogP contribution in [0.5, 0.6) is 0 Å². The molecule has 3 aromatic rings. The molecular weight excluding hydrogens is 425 g/mol. The van der Waals surface area contributed by atoms with Crippen LogP contribution in [0.4, 0.5) is 0 Å². The fourth-order valence-corrected chi connectivity index (χ4v) is 4.23. The van der Waals surface area contributed by atoms with Crippen molar-refractivity contribution >= 4 is 40.5 Å². The molecule has 0 radical (unpaired) electrons. The quantitative estimate of drug-likeness (QED) is 0.468. The number of furan rings is 1. The fraction of sp³-hybridized carbons (Fsp3) is 0.273. The van der Waals surface area contributed by atoms with Gasteiger partial charge in [0.1, 0.15) is 17.6 Å². The number of benzene rings is 1. The molecule has 0 aliphatic carbocycles. The molecule has 4 rings (SSSR count). The van der Waals surface area contributed by atoms with E-state index in [9.17, 15) is 0 Å². The highest BCUT2D eigenvalue weighted by molar-refractivity contribution is 7.80. The summed E-state index contributed by atoms with van der Waals surface area (Å²) in [6, 6.07) is 15.2. The van der Waals surface area contributed by atoms with E-state index in [0.29, 0.717) is 21.1 Å². The molecule has 0 spiro atoms. The van der Waals surface area contributed by atoms with Crippen molar-refractivity contribution in [3.8, 4) is 11.3 Å². The summed E-state index contributed by atoms with van der Waals surface area (Å²) in [5.41, 5.74) is 1.81. The smallest absolute Gasteiger partial charge is 0.170 e. The molecule has 0 amide bonds. The average molecular weight is 446 g/mol. The van der Waals surface area contributed by atoms with Gasteiger partial charge in [0.05, 0.1) is 21.8 Å². The number of hydrogen-bond donors (Lipinski definition) is 1. The fourth-order valence-electron chi connectivity index (χ4n) is 3.62. The summed E-state index contributed by atoms with van der Waals surface area (Å²) in [5.74, 6) is 2.01. The zero-order chi connectivity index (χ0) is 20.5. The third kappa shape index (κ3) is 4.13. The molecule has 29 heavy (non-hydrogen) atoms. The molecule has 1 N–H and O–H groups in total. The van der Waals surface area contributed by atoms with E-state index in [-0.39, 0.29) is 12.1 Å². The number of nitrogens with one attached hydrogen (secondary N) is 1. The molecular formula is C22H21Cl2N3OS. The lowest BCUT2D eigenvalue weighted by atomic mass is 10.0. The van der Waals surface area contributed by atoms with Crippen LogP contribution in [0, 0.1) is 5.92 Å². The Labute approximate surface area is 185 Å². The van der Waals surface area contributed by atoms with Crippen LogP contribution in [0.15, 0.2) is 59.1 Å². The molecule has 1 aliphatic heterocycles. The number of rotatable bonds is 5. The Bertz CT molecular complexity index is 1020. The van der Waals surface area contributed by atoms with Gasteiger partial charge in [0.2, 0.25) is 0 Å². The largest absolute Gasteiger partial charge is 0.459 e. The molecule has 1 aromatic carbocycles. The summed E-state index contributed by atoms with van der Waals surface area (Å²) in [6.07, 6.45) is 1.80. The first-order valence-corrected chi connectivity index (χ1v) is 10.6. The molecule has 7 heteroatoms. The van der Waals surface area contributed by atoms with Crippen molar-refractivity contribution in [1.82, 2.24) is 15.2 Å². The van der Waals surface area contributed by atoms with Gasteiger partial charge in [0.15, 0.2) is 5.11 Å². The van der Waals surface area contributed by atoms with Crippen LogP contribution >= 0.6 is 35.4 Å². The molecule has 3 heterocycles. The third-order valence-electron chi connectivity index (χ3n) is 4.88. The first-order valence-electron chi connectivity index (χ1n) is 9.47. The van der Waals surface area contributed by atoms with Crippen molar-refractivity contribution in [2.24, 2.45) is 5.92 Å². The Hall–Kier alpha value is -2.08. The van der Waals surface area contributed by atoms with E-state index in [0.717, 1.165) is 29.3 Å². The standard InChI is InChI=1S/C22H21Cl2N3OS/c1-13(2)12-27-21(20(26-22(27)29)17-5-3-4-10-25-17)19-9-8-18(28-19)14-6-7-15(23)16(24)11-14/h3-11,13,20-21H,12H2,1-2H3,(H,26,29)/t20-,21-/m1/s1. The van der Waals surface area contributed by atoms with Crippen molar-refractivity contribution in [2.45, 2.75) is 25.9 Å². The maximum Gasteiger partial charge on any atom is 0.170 e. The van der Waals surface area contributed by atoms with Crippen LogP contribution in [0.1, 0.15) is 37.4 Å². The predicted molar refractivity (Wildman–Crippen MR) is 121 cm³/mol. The Kier molecular flexibility index (Phi) is 5.81. The van der Waals surface area contributed by atoms with E-state index in [2.05, 4.69) is 29.0 Å². The SMILES string of the molecule is CC(C)CN1C(=S)N[C@H](c2ccccn2)[C@H]1c1ccc(-c2ccc(Cl)c(Cl)c2)o1. The first kappa shape index (κ1) is 20.2. The summed E-state index contributed by atoms with van der Waals surface area (Å²) in [7, 11) is 0. The van der Waals surface area contributed by atoms with Gasteiger partial charge in [-0.3, -0.25) is 4.98 Å². The van der Waals surface area contributed by atoms with Crippen LogP contribution in [-0.2, 0) is 0 Å². The lowest BCUT2D eigenvalue weighted by Crippen LogP contribution is -2.32. The van der Waals surface area contributed by atoms with Gasteiger partial charge < -0.3 is 14.6 Å². The molecule has 4 nitrogen and oxygen atoms in total. The van der Waals surface area contributed by atoms with Gasteiger partial charge in [-0.15, -0.1) is 0 Å². The number of pyridine rings is 1. The van der Waals surface area contributed by atoms with Crippen LogP contribution in [0.25, 0.3) is 11.3 Å². The molecule has 2 atom stereocenters. The summed E-state index contributed by atoms with van der Waals surface area (Å²) >= 11 is 17.9. The third-order valence-corrected chi connectivity index (χ3v) is 5.97. The predicted octanol–water partition coefficient (Wildman–Crippen LogP) is 6.28. The maximum absolute atomic E-state index is 6.29. The second-order valence-electron chi connectivity index (χ2n) is 7.50. The first-order chi connectivity index (χ1) is 13.9. The molecule has 0 unspecified atom stereocenters. The Morgan fingerprint density at radius 2 is 1.97 bits per heavy atom. The topological polar surface area (TPSA) is 41.3 Å². The van der Waals surface area contributed by atoms with Gasteiger partial charge in [-0.1, -0.05) is 43.1 Å². The number of thiocarbonyl (C=S) groups is 1. The number of aromatic nitrogens is 1. The number of halogens is 2. The molecule has 2 aromatic heterocycles. The monoisotopic (exact) mass is 445 g/mol. The highest BCUT2D eigenvalue weighted by Crippen LogP contribution is 2.41. The van der Waals surface area contributed by atoms with Gasteiger partial charge in [0, 0.05) is 18.3 Å². The zero-order valence-electron chi connectivity index (χ0n) is 16.1. The van der Waals surface area contributed by atoms with Crippen molar-refractivity contribution < 1.29 is 4.42 Å². The summed E-state index contributed by atoms with van der Waals surface area (Å²) in [5, 5.41) is 5.17. The van der Waals surface area contributed by atoms with E-state index >= 15 is 0 Å². The summed E-state index contributed by atoms with van der Waals surface area (Å²) in [4.78, 5) is 6.74.